The zero-order chi connectivity index (χ0) is 24.7. The van der Waals surface area contributed by atoms with Crippen molar-refractivity contribution in [2.75, 3.05) is 19.7 Å². The van der Waals surface area contributed by atoms with Crippen molar-refractivity contribution in [2.24, 2.45) is 11.3 Å². The normalized spacial score (nSPS) is 13.5. The molecule has 0 saturated heterocycles. The molecular formula is C27H34N2O5. The lowest BCUT2D eigenvalue weighted by molar-refractivity contribution is -0.137. The van der Waals surface area contributed by atoms with Crippen molar-refractivity contribution in [2.45, 2.75) is 46.0 Å². The van der Waals surface area contributed by atoms with Gasteiger partial charge in [0.25, 0.3) is 0 Å². The highest BCUT2D eigenvalue weighted by atomic mass is 16.5. The summed E-state index contributed by atoms with van der Waals surface area (Å²) in [5.41, 5.74) is 4.00. The Bertz CT molecular complexity index is 988. The number of rotatable bonds is 11. The van der Waals surface area contributed by atoms with Gasteiger partial charge in [-0.3, -0.25) is 9.59 Å². The van der Waals surface area contributed by atoms with E-state index >= 15 is 0 Å². The number of amides is 2. The van der Waals surface area contributed by atoms with Crippen LogP contribution in [0.3, 0.4) is 0 Å². The second kappa shape index (κ2) is 11.2. The molecule has 3 rings (SSSR count). The Morgan fingerprint density at radius 1 is 1.00 bits per heavy atom. The van der Waals surface area contributed by atoms with E-state index in [2.05, 4.69) is 34.9 Å². The first-order valence-corrected chi connectivity index (χ1v) is 11.8. The lowest BCUT2D eigenvalue weighted by Gasteiger charge is -2.24. The van der Waals surface area contributed by atoms with Crippen LogP contribution in [0.2, 0.25) is 0 Å². The Hall–Kier alpha value is -3.35. The molecule has 1 aliphatic rings. The number of aliphatic carboxylic acids is 1. The Kier molecular flexibility index (Phi) is 8.31. The lowest BCUT2D eigenvalue weighted by Crippen LogP contribution is -2.41. The maximum atomic E-state index is 12.5. The third kappa shape index (κ3) is 6.37. The summed E-state index contributed by atoms with van der Waals surface area (Å²) in [4.78, 5) is 35.6. The Morgan fingerprint density at radius 3 is 2.18 bits per heavy atom. The minimum atomic E-state index is -0.835. The number of fused-ring (bicyclic) bond motifs is 3. The maximum absolute atomic E-state index is 12.5. The summed E-state index contributed by atoms with van der Waals surface area (Å²) in [6.07, 6.45) is 0.552. The SMILES string of the molecule is CC(CCC(=O)O)CNC(=O)C(C)(C)CCNC(=O)OCC1c2ccccc2-c2ccccc21. The van der Waals surface area contributed by atoms with Gasteiger partial charge in [0.15, 0.2) is 0 Å². The number of carboxylic acids is 1. The second-order valence-corrected chi connectivity index (χ2v) is 9.63. The molecule has 3 N–H and O–H groups in total. The summed E-state index contributed by atoms with van der Waals surface area (Å²) in [6.45, 7) is 6.54. The number of hydrogen-bond donors (Lipinski definition) is 3. The van der Waals surface area contributed by atoms with Crippen LogP contribution in [-0.4, -0.2) is 42.8 Å². The summed E-state index contributed by atoms with van der Waals surface area (Å²) < 4.78 is 5.54. The first-order chi connectivity index (χ1) is 16.2. The Morgan fingerprint density at radius 2 is 1.59 bits per heavy atom. The van der Waals surface area contributed by atoms with Crippen LogP contribution in [0, 0.1) is 11.3 Å². The van der Waals surface area contributed by atoms with Gasteiger partial charge in [-0.05, 0) is 41.0 Å². The molecule has 0 spiro atoms. The van der Waals surface area contributed by atoms with Gasteiger partial charge in [0.2, 0.25) is 5.91 Å². The molecule has 0 saturated carbocycles. The number of carbonyl (C=O) groups excluding carboxylic acids is 2. The number of nitrogens with one attached hydrogen (secondary N) is 2. The molecule has 2 amide bonds. The van der Waals surface area contributed by atoms with E-state index in [0.717, 1.165) is 11.1 Å². The first-order valence-electron chi connectivity index (χ1n) is 11.8. The average molecular weight is 467 g/mol. The molecule has 34 heavy (non-hydrogen) atoms. The van der Waals surface area contributed by atoms with E-state index in [1.165, 1.54) is 11.1 Å². The number of alkyl carbamates (subject to hydrolysis) is 1. The fraction of sp³-hybridized carbons (Fsp3) is 0.444. The van der Waals surface area contributed by atoms with Crippen LogP contribution in [0.5, 0.6) is 0 Å². The molecule has 182 valence electrons. The smallest absolute Gasteiger partial charge is 0.407 e. The van der Waals surface area contributed by atoms with E-state index in [4.69, 9.17) is 9.84 Å². The highest BCUT2D eigenvalue weighted by Gasteiger charge is 2.30. The minimum Gasteiger partial charge on any atom is -0.481 e. The fourth-order valence-electron chi connectivity index (χ4n) is 4.22. The minimum absolute atomic E-state index is 0.00323. The monoisotopic (exact) mass is 466 g/mol. The van der Waals surface area contributed by atoms with E-state index in [0.29, 0.717) is 25.9 Å². The van der Waals surface area contributed by atoms with Crippen LogP contribution in [0.15, 0.2) is 48.5 Å². The van der Waals surface area contributed by atoms with Crippen molar-refractivity contribution in [3.05, 3.63) is 59.7 Å². The van der Waals surface area contributed by atoms with Crippen LogP contribution >= 0.6 is 0 Å². The first kappa shape index (κ1) is 25.3. The summed E-state index contributed by atoms with van der Waals surface area (Å²) in [6, 6.07) is 16.4. The average Bonchev–Trinajstić information content (AvgIpc) is 3.13. The molecule has 1 unspecified atom stereocenters. The maximum Gasteiger partial charge on any atom is 0.407 e. The standard InChI is InChI=1S/C27H34N2O5/c1-18(12-13-24(30)31)16-29-25(32)27(2,3)14-15-28-26(33)34-17-23-21-10-6-4-8-19(21)20-9-5-7-11-22(20)23/h4-11,18,23H,12-17H2,1-3H3,(H,28,33)(H,29,32)(H,30,31). The highest BCUT2D eigenvalue weighted by molar-refractivity contribution is 5.82. The zero-order valence-electron chi connectivity index (χ0n) is 20.1. The van der Waals surface area contributed by atoms with Gasteiger partial charge >= 0.3 is 12.1 Å². The van der Waals surface area contributed by atoms with Crippen LogP contribution in [0.25, 0.3) is 11.1 Å². The highest BCUT2D eigenvalue weighted by Crippen LogP contribution is 2.44. The van der Waals surface area contributed by atoms with Gasteiger partial charge in [-0.2, -0.15) is 0 Å². The van der Waals surface area contributed by atoms with E-state index in [-0.39, 0.29) is 30.8 Å². The lowest BCUT2D eigenvalue weighted by atomic mass is 9.88. The van der Waals surface area contributed by atoms with Crippen molar-refractivity contribution >= 4 is 18.0 Å². The number of ether oxygens (including phenoxy) is 1. The summed E-state index contributed by atoms with van der Waals surface area (Å²) >= 11 is 0. The van der Waals surface area contributed by atoms with Crippen molar-refractivity contribution in [3.63, 3.8) is 0 Å². The zero-order valence-corrected chi connectivity index (χ0v) is 20.1. The van der Waals surface area contributed by atoms with Gasteiger partial charge in [-0.15, -0.1) is 0 Å². The third-order valence-corrected chi connectivity index (χ3v) is 6.44. The summed E-state index contributed by atoms with van der Waals surface area (Å²) in [5.74, 6) is -0.875. The second-order valence-electron chi connectivity index (χ2n) is 9.63. The summed E-state index contributed by atoms with van der Waals surface area (Å²) in [7, 11) is 0. The predicted molar refractivity (Wildman–Crippen MR) is 131 cm³/mol. The Balaban J connectivity index is 1.43. The van der Waals surface area contributed by atoms with Crippen molar-refractivity contribution in [1.29, 1.82) is 0 Å². The predicted octanol–water partition coefficient (Wildman–Crippen LogP) is 4.56. The molecule has 0 radical (unpaired) electrons. The molecule has 1 atom stereocenters. The number of hydrogen-bond acceptors (Lipinski definition) is 4. The van der Waals surface area contributed by atoms with Gasteiger partial charge in [-0.25, -0.2) is 4.79 Å². The van der Waals surface area contributed by atoms with Gasteiger partial charge in [0, 0.05) is 30.8 Å². The molecule has 0 fully saturated rings. The molecule has 0 heterocycles. The fourth-order valence-corrected chi connectivity index (χ4v) is 4.22. The van der Waals surface area contributed by atoms with Crippen LogP contribution in [-0.2, 0) is 14.3 Å². The molecular weight excluding hydrogens is 432 g/mol. The van der Waals surface area contributed by atoms with Crippen molar-refractivity contribution < 1.29 is 24.2 Å². The molecule has 0 aliphatic heterocycles. The third-order valence-electron chi connectivity index (χ3n) is 6.44. The topological polar surface area (TPSA) is 105 Å². The largest absolute Gasteiger partial charge is 0.481 e. The van der Waals surface area contributed by atoms with E-state index in [9.17, 15) is 14.4 Å². The van der Waals surface area contributed by atoms with Gasteiger partial charge in [-0.1, -0.05) is 69.3 Å². The van der Waals surface area contributed by atoms with Crippen LogP contribution in [0.4, 0.5) is 4.79 Å². The summed E-state index contributed by atoms with van der Waals surface area (Å²) in [5, 5.41) is 14.4. The number of benzene rings is 2. The molecule has 2 aromatic carbocycles. The van der Waals surface area contributed by atoms with Gasteiger partial charge in [0.1, 0.15) is 6.61 Å². The molecule has 1 aliphatic carbocycles. The quantitative estimate of drug-likeness (QED) is 0.450. The van der Waals surface area contributed by atoms with Crippen LogP contribution in [0.1, 0.15) is 57.1 Å². The van der Waals surface area contributed by atoms with Crippen molar-refractivity contribution in [1.82, 2.24) is 10.6 Å². The van der Waals surface area contributed by atoms with E-state index < -0.39 is 17.5 Å². The number of carboxylic acid groups (broad SMARTS) is 1. The molecule has 7 heteroatoms. The molecule has 7 nitrogen and oxygen atoms in total. The van der Waals surface area contributed by atoms with Gasteiger partial charge < -0.3 is 20.5 Å². The Labute approximate surface area is 200 Å². The molecule has 0 bridgehead atoms. The van der Waals surface area contributed by atoms with Crippen molar-refractivity contribution in [3.8, 4) is 11.1 Å². The molecule has 2 aromatic rings. The van der Waals surface area contributed by atoms with Crippen LogP contribution < -0.4 is 10.6 Å². The molecule has 0 aromatic heterocycles. The number of carbonyl (C=O) groups is 3. The van der Waals surface area contributed by atoms with E-state index in [1.807, 2.05) is 45.0 Å². The van der Waals surface area contributed by atoms with Gasteiger partial charge in [0.05, 0.1) is 0 Å². The van der Waals surface area contributed by atoms with E-state index in [1.54, 1.807) is 0 Å².